The Labute approximate surface area is 198 Å². The van der Waals surface area contributed by atoms with E-state index in [0.717, 1.165) is 5.56 Å². The van der Waals surface area contributed by atoms with E-state index in [4.69, 9.17) is 9.47 Å². The number of hydrogen-bond acceptors (Lipinski definition) is 8. The van der Waals surface area contributed by atoms with E-state index in [2.05, 4.69) is 10.2 Å². The van der Waals surface area contributed by atoms with Crippen molar-refractivity contribution in [3.63, 3.8) is 0 Å². The van der Waals surface area contributed by atoms with Crippen LogP contribution in [-0.2, 0) is 29.3 Å². The highest BCUT2D eigenvalue weighted by Crippen LogP contribution is 2.55. The van der Waals surface area contributed by atoms with Crippen molar-refractivity contribution in [2.75, 3.05) is 19.6 Å². The predicted octanol–water partition coefficient (Wildman–Crippen LogP) is 2.66. The summed E-state index contributed by atoms with van der Waals surface area (Å²) in [5, 5.41) is 12.1. The summed E-state index contributed by atoms with van der Waals surface area (Å²) < 4.78 is 10.0. The summed E-state index contributed by atoms with van der Waals surface area (Å²) in [4.78, 5) is 54.4. The third-order valence-electron chi connectivity index (χ3n) is 5.91. The maximum atomic E-state index is 13.3. The van der Waals surface area contributed by atoms with Crippen LogP contribution in [0.5, 0.6) is 0 Å². The molecule has 1 aromatic rings. The molecule has 0 radical (unpaired) electrons. The summed E-state index contributed by atoms with van der Waals surface area (Å²) in [7, 11) is 0. The Balaban J connectivity index is 1.95. The van der Waals surface area contributed by atoms with Gasteiger partial charge in [0.1, 0.15) is 0 Å². The SMILES string of the molecule is CCN(CC)C(=O)[C@]1(c2ccccc2)C[C@@H]1CNC(=O)OC(C)OC(=O)C(O[N+](=O)[O-])C(C)C. The number of benzene rings is 1. The summed E-state index contributed by atoms with van der Waals surface area (Å²) in [6.07, 6.45) is -2.97. The zero-order valence-electron chi connectivity index (χ0n) is 20.2. The number of carbonyl (C=O) groups is 3. The van der Waals surface area contributed by atoms with E-state index >= 15 is 0 Å². The van der Waals surface area contributed by atoms with Gasteiger partial charge in [0.15, 0.2) is 0 Å². The van der Waals surface area contributed by atoms with Crippen molar-refractivity contribution < 1.29 is 33.8 Å². The van der Waals surface area contributed by atoms with Crippen LogP contribution in [0.1, 0.15) is 46.6 Å². The molecule has 0 heterocycles. The highest BCUT2D eigenvalue weighted by atomic mass is 17.0. The third-order valence-corrected chi connectivity index (χ3v) is 5.91. The van der Waals surface area contributed by atoms with Crippen molar-refractivity contribution in [3.8, 4) is 0 Å². The molecule has 1 fully saturated rings. The second-order valence-electron chi connectivity index (χ2n) is 8.50. The van der Waals surface area contributed by atoms with Crippen molar-refractivity contribution in [2.24, 2.45) is 11.8 Å². The normalized spacial score (nSPS) is 20.6. The number of likely N-dealkylation sites (N-methyl/N-ethyl adjacent to an activating group) is 1. The summed E-state index contributed by atoms with van der Waals surface area (Å²) in [5.41, 5.74) is 0.197. The molecule has 0 saturated heterocycles. The molecule has 11 heteroatoms. The molecule has 4 atom stereocenters. The van der Waals surface area contributed by atoms with Crippen LogP contribution in [-0.4, -0.2) is 60.0 Å². The number of carbonyl (C=O) groups excluding carboxylic acids is 3. The van der Waals surface area contributed by atoms with Gasteiger partial charge in [-0.05, 0) is 37.7 Å². The van der Waals surface area contributed by atoms with Gasteiger partial charge in [-0.15, -0.1) is 10.1 Å². The Morgan fingerprint density at radius 1 is 1.15 bits per heavy atom. The van der Waals surface area contributed by atoms with Crippen LogP contribution < -0.4 is 5.32 Å². The van der Waals surface area contributed by atoms with E-state index in [-0.39, 0.29) is 18.4 Å². The molecular weight excluding hydrogens is 446 g/mol. The van der Waals surface area contributed by atoms with Gasteiger partial charge in [-0.1, -0.05) is 44.2 Å². The van der Waals surface area contributed by atoms with E-state index in [9.17, 15) is 24.5 Å². The number of esters is 1. The average molecular weight is 480 g/mol. The van der Waals surface area contributed by atoms with Crippen molar-refractivity contribution >= 4 is 18.0 Å². The molecule has 11 nitrogen and oxygen atoms in total. The highest BCUT2D eigenvalue weighted by molar-refractivity contribution is 5.92. The summed E-state index contributed by atoms with van der Waals surface area (Å²) in [5.74, 6) is -1.63. The maximum Gasteiger partial charge on any atom is 0.410 e. The van der Waals surface area contributed by atoms with Crippen molar-refractivity contribution in [1.82, 2.24) is 10.2 Å². The quantitative estimate of drug-likeness (QED) is 0.209. The number of rotatable bonds is 12. The van der Waals surface area contributed by atoms with Gasteiger partial charge in [0.25, 0.3) is 5.09 Å². The Bertz CT molecular complexity index is 874. The van der Waals surface area contributed by atoms with E-state index < -0.39 is 40.9 Å². The molecule has 0 spiro atoms. The van der Waals surface area contributed by atoms with Gasteiger partial charge in [0.05, 0.1) is 5.41 Å². The molecule has 0 bridgehead atoms. The lowest BCUT2D eigenvalue weighted by Gasteiger charge is -2.26. The van der Waals surface area contributed by atoms with Crippen molar-refractivity contribution in [2.45, 2.75) is 58.8 Å². The van der Waals surface area contributed by atoms with Gasteiger partial charge in [0.2, 0.25) is 18.3 Å². The monoisotopic (exact) mass is 479 g/mol. The van der Waals surface area contributed by atoms with Gasteiger partial charge >= 0.3 is 12.1 Å². The lowest BCUT2D eigenvalue weighted by Crippen LogP contribution is -2.42. The van der Waals surface area contributed by atoms with Crippen LogP contribution >= 0.6 is 0 Å². The lowest BCUT2D eigenvalue weighted by atomic mass is 9.91. The number of amides is 2. The van der Waals surface area contributed by atoms with Gasteiger partial charge in [0, 0.05) is 26.6 Å². The first-order valence-corrected chi connectivity index (χ1v) is 11.4. The molecule has 1 aliphatic carbocycles. The molecule has 2 amide bonds. The Hall–Kier alpha value is -3.37. The number of alkyl carbamates (subject to hydrolysis) is 1. The largest absolute Gasteiger partial charge is 0.424 e. The molecule has 1 aliphatic rings. The average Bonchev–Trinajstić information content (AvgIpc) is 3.52. The first-order chi connectivity index (χ1) is 16.1. The molecule has 34 heavy (non-hydrogen) atoms. The molecule has 188 valence electrons. The fraction of sp³-hybridized carbons (Fsp3) is 0.609. The predicted molar refractivity (Wildman–Crippen MR) is 121 cm³/mol. The number of nitrogens with one attached hydrogen (secondary N) is 1. The molecule has 1 saturated carbocycles. The van der Waals surface area contributed by atoms with Crippen LogP contribution in [0.25, 0.3) is 0 Å². The molecule has 1 aromatic carbocycles. The fourth-order valence-corrected chi connectivity index (χ4v) is 4.03. The smallest absolute Gasteiger partial charge is 0.410 e. The van der Waals surface area contributed by atoms with Crippen molar-refractivity contribution in [1.29, 1.82) is 0 Å². The van der Waals surface area contributed by atoms with Crippen LogP contribution in [0.4, 0.5) is 4.79 Å². The number of hydrogen-bond donors (Lipinski definition) is 1. The van der Waals surface area contributed by atoms with Crippen molar-refractivity contribution in [3.05, 3.63) is 46.0 Å². The topological polar surface area (TPSA) is 137 Å². The minimum atomic E-state index is -1.44. The zero-order chi connectivity index (χ0) is 25.5. The molecular formula is C23H33N3O8. The lowest BCUT2D eigenvalue weighted by molar-refractivity contribution is -0.766. The van der Waals surface area contributed by atoms with E-state index in [1.165, 1.54) is 6.92 Å². The fourth-order valence-electron chi connectivity index (χ4n) is 4.03. The highest BCUT2D eigenvalue weighted by Gasteiger charge is 2.61. The van der Waals surface area contributed by atoms with E-state index in [0.29, 0.717) is 19.5 Å². The van der Waals surface area contributed by atoms with Crippen LogP contribution in [0, 0.1) is 22.0 Å². The molecule has 2 unspecified atom stereocenters. The second kappa shape index (κ2) is 11.7. The Morgan fingerprint density at radius 3 is 2.29 bits per heavy atom. The Kier molecular flexibility index (Phi) is 9.22. The molecule has 1 N–H and O–H groups in total. The zero-order valence-corrected chi connectivity index (χ0v) is 20.2. The maximum absolute atomic E-state index is 13.3. The first kappa shape index (κ1) is 26.9. The van der Waals surface area contributed by atoms with Gasteiger partial charge in [-0.25, -0.2) is 9.59 Å². The molecule has 0 aliphatic heterocycles. The molecule has 2 rings (SSSR count). The van der Waals surface area contributed by atoms with Gasteiger partial charge in [-0.2, -0.15) is 0 Å². The third kappa shape index (κ3) is 6.36. The summed E-state index contributed by atoms with van der Waals surface area (Å²) in [6.45, 7) is 9.66. The molecule has 0 aromatic heterocycles. The van der Waals surface area contributed by atoms with Gasteiger partial charge in [-0.3, -0.25) is 9.63 Å². The Morgan fingerprint density at radius 2 is 1.76 bits per heavy atom. The summed E-state index contributed by atoms with van der Waals surface area (Å²) >= 11 is 0. The van der Waals surface area contributed by atoms with Crippen LogP contribution in [0.2, 0.25) is 0 Å². The first-order valence-electron chi connectivity index (χ1n) is 11.4. The minimum absolute atomic E-state index is 0.0247. The minimum Gasteiger partial charge on any atom is -0.424 e. The van der Waals surface area contributed by atoms with Crippen LogP contribution in [0.15, 0.2) is 30.3 Å². The summed E-state index contributed by atoms with van der Waals surface area (Å²) in [6, 6.07) is 9.48. The van der Waals surface area contributed by atoms with E-state index in [1.807, 2.05) is 44.2 Å². The van der Waals surface area contributed by atoms with Crippen LogP contribution in [0.3, 0.4) is 0 Å². The van der Waals surface area contributed by atoms with Gasteiger partial charge < -0.3 is 19.7 Å². The number of ether oxygens (including phenoxy) is 2. The second-order valence-corrected chi connectivity index (χ2v) is 8.50. The van der Waals surface area contributed by atoms with E-state index in [1.54, 1.807) is 18.7 Å². The number of nitrogens with zero attached hydrogens (tertiary/aromatic N) is 2. The standard InChI is InChI=1S/C23H33N3O8/c1-6-25(7-2)21(28)23(17-11-9-8-10-12-17)13-18(23)14-24-22(29)33-16(5)32-20(27)19(15(3)4)34-26(30)31/h8-12,15-16,18-19H,6-7,13-14H2,1-5H3,(H,24,29)/t16?,18-,19?,23+/m1/s1.